The minimum Gasteiger partial charge on any atom is -0.504 e. The SMILES string of the molecule is NCC(O)c1c(O)c(O)cc(Br)c1F. The van der Waals surface area contributed by atoms with Gasteiger partial charge in [0.15, 0.2) is 11.5 Å². The molecule has 0 aliphatic heterocycles. The molecule has 1 aromatic rings. The molecule has 0 aliphatic carbocycles. The highest BCUT2D eigenvalue weighted by molar-refractivity contribution is 9.10. The van der Waals surface area contributed by atoms with Gasteiger partial charge in [-0.15, -0.1) is 0 Å². The number of hydrogen-bond acceptors (Lipinski definition) is 4. The second-order valence-electron chi connectivity index (χ2n) is 2.71. The van der Waals surface area contributed by atoms with E-state index in [4.69, 9.17) is 10.8 Å². The van der Waals surface area contributed by atoms with Crippen LogP contribution in [0.15, 0.2) is 10.5 Å². The van der Waals surface area contributed by atoms with Crippen molar-refractivity contribution >= 4 is 15.9 Å². The molecule has 0 saturated carbocycles. The molecule has 78 valence electrons. The number of aromatic hydroxyl groups is 2. The third-order valence-electron chi connectivity index (χ3n) is 1.76. The van der Waals surface area contributed by atoms with Crippen LogP contribution in [0.4, 0.5) is 4.39 Å². The maximum absolute atomic E-state index is 13.3. The van der Waals surface area contributed by atoms with E-state index in [1.807, 2.05) is 0 Å². The van der Waals surface area contributed by atoms with Gasteiger partial charge < -0.3 is 21.1 Å². The van der Waals surface area contributed by atoms with E-state index >= 15 is 0 Å². The average molecular weight is 266 g/mol. The number of hydrogen-bond donors (Lipinski definition) is 4. The van der Waals surface area contributed by atoms with E-state index in [-0.39, 0.29) is 11.0 Å². The molecule has 6 heteroatoms. The number of halogens is 2. The van der Waals surface area contributed by atoms with Crippen LogP contribution in [-0.2, 0) is 0 Å². The van der Waals surface area contributed by atoms with Crippen molar-refractivity contribution in [1.82, 2.24) is 0 Å². The second kappa shape index (κ2) is 4.12. The zero-order valence-electron chi connectivity index (χ0n) is 7.04. The first-order valence-corrected chi connectivity index (χ1v) is 4.56. The average Bonchev–Trinajstić information content (AvgIpc) is 2.15. The molecule has 0 aromatic heterocycles. The van der Waals surface area contributed by atoms with Gasteiger partial charge >= 0.3 is 0 Å². The Labute approximate surface area is 87.9 Å². The predicted octanol–water partition coefficient (Wildman–Crippen LogP) is 0.991. The van der Waals surface area contributed by atoms with E-state index in [2.05, 4.69) is 15.9 Å². The summed E-state index contributed by atoms with van der Waals surface area (Å²) >= 11 is 2.83. The van der Waals surface area contributed by atoms with Gasteiger partial charge in [0.25, 0.3) is 0 Å². The van der Waals surface area contributed by atoms with Crippen LogP contribution < -0.4 is 5.73 Å². The van der Waals surface area contributed by atoms with Crippen LogP contribution in [0.1, 0.15) is 11.7 Å². The lowest BCUT2D eigenvalue weighted by molar-refractivity contribution is 0.176. The van der Waals surface area contributed by atoms with Crippen LogP contribution in [-0.4, -0.2) is 21.9 Å². The molecule has 0 fully saturated rings. The van der Waals surface area contributed by atoms with Crippen molar-refractivity contribution in [3.63, 3.8) is 0 Å². The third kappa shape index (κ3) is 1.82. The van der Waals surface area contributed by atoms with Crippen molar-refractivity contribution < 1.29 is 19.7 Å². The van der Waals surface area contributed by atoms with Gasteiger partial charge in [-0.25, -0.2) is 4.39 Å². The molecule has 1 aromatic carbocycles. The maximum atomic E-state index is 13.3. The van der Waals surface area contributed by atoms with Crippen molar-refractivity contribution in [2.24, 2.45) is 5.73 Å². The Hall–Kier alpha value is -0.850. The summed E-state index contributed by atoms with van der Waals surface area (Å²) < 4.78 is 13.3. The summed E-state index contributed by atoms with van der Waals surface area (Å²) in [6.45, 7) is -0.250. The Bertz CT molecular complexity index is 333. The fraction of sp³-hybridized carbons (Fsp3) is 0.250. The smallest absolute Gasteiger partial charge is 0.166 e. The topological polar surface area (TPSA) is 86.7 Å². The van der Waals surface area contributed by atoms with Gasteiger partial charge in [-0.3, -0.25) is 0 Å². The number of rotatable bonds is 2. The molecule has 0 heterocycles. The molecular weight excluding hydrogens is 257 g/mol. The Morgan fingerprint density at radius 2 is 2.07 bits per heavy atom. The summed E-state index contributed by atoms with van der Waals surface area (Å²) in [6.07, 6.45) is -1.35. The number of aliphatic hydroxyl groups excluding tert-OH is 1. The van der Waals surface area contributed by atoms with Crippen molar-refractivity contribution in [2.45, 2.75) is 6.10 Å². The molecule has 0 bridgehead atoms. The highest BCUT2D eigenvalue weighted by Crippen LogP contribution is 2.38. The molecule has 4 nitrogen and oxygen atoms in total. The van der Waals surface area contributed by atoms with Gasteiger partial charge in [0.05, 0.1) is 16.1 Å². The lowest BCUT2D eigenvalue weighted by atomic mass is 10.1. The van der Waals surface area contributed by atoms with Gasteiger partial charge in [0, 0.05) is 12.6 Å². The molecule has 1 rings (SSSR count). The minimum atomic E-state index is -1.35. The fourth-order valence-electron chi connectivity index (χ4n) is 1.04. The van der Waals surface area contributed by atoms with E-state index in [1.165, 1.54) is 0 Å². The Morgan fingerprint density at radius 1 is 1.50 bits per heavy atom. The normalized spacial score (nSPS) is 12.9. The Morgan fingerprint density at radius 3 is 2.57 bits per heavy atom. The van der Waals surface area contributed by atoms with Crippen LogP contribution in [0.2, 0.25) is 0 Å². The van der Waals surface area contributed by atoms with E-state index in [9.17, 15) is 14.6 Å². The fourth-order valence-corrected chi connectivity index (χ4v) is 1.47. The lowest BCUT2D eigenvalue weighted by Crippen LogP contribution is -2.13. The van der Waals surface area contributed by atoms with Crippen molar-refractivity contribution in [3.8, 4) is 11.5 Å². The molecule has 0 amide bonds. The lowest BCUT2D eigenvalue weighted by Gasteiger charge is -2.13. The number of nitrogens with two attached hydrogens (primary N) is 1. The molecule has 0 radical (unpaired) electrons. The Balaban J connectivity index is 3.39. The van der Waals surface area contributed by atoms with Crippen LogP contribution >= 0.6 is 15.9 Å². The van der Waals surface area contributed by atoms with Gasteiger partial charge in [-0.1, -0.05) is 0 Å². The summed E-state index contributed by atoms with van der Waals surface area (Å²) in [4.78, 5) is 0. The monoisotopic (exact) mass is 265 g/mol. The summed E-state index contributed by atoms with van der Waals surface area (Å²) in [5.74, 6) is -2.04. The summed E-state index contributed by atoms with van der Waals surface area (Å²) in [5, 5.41) is 27.7. The van der Waals surface area contributed by atoms with E-state index in [0.29, 0.717) is 0 Å². The number of aliphatic hydroxyl groups is 1. The number of benzene rings is 1. The summed E-state index contributed by atoms with van der Waals surface area (Å²) in [7, 11) is 0. The molecule has 0 saturated heterocycles. The third-order valence-corrected chi connectivity index (χ3v) is 2.34. The first-order chi connectivity index (χ1) is 6.49. The highest BCUT2D eigenvalue weighted by Gasteiger charge is 2.21. The summed E-state index contributed by atoms with van der Waals surface area (Å²) in [6, 6.07) is 0.997. The molecule has 5 N–H and O–H groups in total. The number of phenols is 2. The molecule has 14 heavy (non-hydrogen) atoms. The zero-order chi connectivity index (χ0) is 10.9. The predicted molar refractivity (Wildman–Crippen MR) is 51.4 cm³/mol. The second-order valence-corrected chi connectivity index (χ2v) is 3.56. The van der Waals surface area contributed by atoms with Gasteiger partial charge in [-0.05, 0) is 15.9 Å². The molecule has 0 aliphatic rings. The number of phenolic OH excluding ortho intramolecular Hbond substituents is 2. The van der Waals surface area contributed by atoms with Crippen LogP contribution in [0.25, 0.3) is 0 Å². The van der Waals surface area contributed by atoms with E-state index in [0.717, 1.165) is 6.07 Å². The molecular formula is C8H9BrFNO3. The van der Waals surface area contributed by atoms with Gasteiger partial charge in [0.1, 0.15) is 5.82 Å². The van der Waals surface area contributed by atoms with Gasteiger partial charge in [-0.2, -0.15) is 0 Å². The largest absolute Gasteiger partial charge is 0.504 e. The van der Waals surface area contributed by atoms with Crippen LogP contribution in [0.3, 0.4) is 0 Å². The van der Waals surface area contributed by atoms with E-state index < -0.39 is 29.0 Å². The maximum Gasteiger partial charge on any atom is 0.166 e. The van der Waals surface area contributed by atoms with Crippen molar-refractivity contribution in [2.75, 3.05) is 6.54 Å². The zero-order valence-corrected chi connectivity index (χ0v) is 8.62. The first-order valence-electron chi connectivity index (χ1n) is 3.77. The quantitative estimate of drug-likeness (QED) is 0.601. The van der Waals surface area contributed by atoms with Gasteiger partial charge in [0.2, 0.25) is 0 Å². The minimum absolute atomic E-state index is 0.0460. The van der Waals surface area contributed by atoms with Crippen LogP contribution in [0.5, 0.6) is 11.5 Å². The first kappa shape index (κ1) is 11.2. The van der Waals surface area contributed by atoms with Crippen molar-refractivity contribution in [3.05, 3.63) is 21.9 Å². The summed E-state index contributed by atoms with van der Waals surface area (Å²) in [5.41, 5.74) is 4.71. The molecule has 0 spiro atoms. The molecule has 1 atom stereocenters. The standard InChI is InChI=1S/C8H9BrFNO3/c9-3-1-4(12)8(14)6(7(3)10)5(13)2-11/h1,5,12-14H,2,11H2. The molecule has 1 unspecified atom stereocenters. The van der Waals surface area contributed by atoms with Crippen LogP contribution in [0, 0.1) is 5.82 Å². The Kier molecular flexibility index (Phi) is 3.30. The van der Waals surface area contributed by atoms with E-state index in [1.54, 1.807) is 0 Å². The van der Waals surface area contributed by atoms with Crippen molar-refractivity contribution in [1.29, 1.82) is 0 Å². The highest BCUT2D eigenvalue weighted by atomic mass is 79.9.